The molecule has 0 amide bonds. The minimum atomic E-state index is -4.64. The van der Waals surface area contributed by atoms with Crippen LogP contribution >= 0.6 is 0 Å². The van der Waals surface area contributed by atoms with Gasteiger partial charge in [0.05, 0.1) is 12.7 Å². The van der Waals surface area contributed by atoms with Gasteiger partial charge in [0, 0.05) is 25.3 Å². The summed E-state index contributed by atoms with van der Waals surface area (Å²) in [5.41, 5.74) is -2.06. The predicted molar refractivity (Wildman–Crippen MR) is 107 cm³/mol. The molecule has 6 heteroatoms. The molecule has 0 bridgehead atoms. The van der Waals surface area contributed by atoms with Crippen molar-refractivity contribution in [1.82, 2.24) is 0 Å². The fraction of sp³-hybridized carbons (Fsp3) is 0.217. The Kier molecular flexibility index (Phi) is 5.57. The van der Waals surface area contributed by atoms with E-state index in [1.165, 1.54) is 13.2 Å². The minimum Gasteiger partial charge on any atom is -0.497 e. The molecule has 29 heavy (non-hydrogen) atoms. The summed E-state index contributed by atoms with van der Waals surface area (Å²) in [5, 5.41) is 11.8. The Morgan fingerprint density at radius 3 is 1.90 bits per heavy atom. The molecule has 0 radical (unpaired) electrons. The Morgan fingerprint density at radius 1 is 0.793 bits per heavy atom. The maximum atomic E-state index is 14.0. The summed E-state index contributed by atoms with van der Waals surface area (Å²) in [7, 11) is 4.84. The quantitative estimate of drug-likeness (QED) is 0.607. The molecule has 0 fully saturated rings. The van der Waals surface area contributed by atoms with Gasteiger partial charge in [0.2, 0.25) is 0 Å². The topological polar surface area (TPSA) is 32.7 Å². The van der Waals surface area contributed by atoms with Crippen LogP contribution in [0.3, 0.4) is 0 Å². The van der Waals surface area contributed by atoms with Crippen molar-refractivity contribution >= 4 is 5.69 Å². The standard InChI is InChI=1S/C23H22F3NO2/c1-27(2)18-11-14-20(21(15-18)23(24,25)26)22(28,16-7-5-4-6-8-16)17-9-12-19(29-3)13-10-17/h4-15,28H,1-3H3. The van der Waals surface area contributed by atoms with E-state index in [1.54, 1.807) is 79.7 Å². The first-order chi connectivity index (χ1) is 13.7. The SMILES string of the molecule is COc1ccc(C(O)(c2ccccc2)c2ccc(N(C)C)cc2C(F)(F)F)cc1. The minimum absolute atomic E-state index is 0.230. The van der Waals surface area contributed by atoms with Crippen LogP contribution in [0.15, 0.2) is 72.8 Å². The molecule has 0 aliphatic carbocycles. The number of alkyl halides is 3. The lowest BCUT2D eigenvalue weighted by molar-refractivity contribution is -0.139. The Balaban J connectivity index is 2.33. The molecule has 152 valence electrons. The van der Waals surface area contributed by atoms with Crippen molar-refractivity contribution in [3.05, 3.63) is 95.1 Å². The average Bonchev–Trinajstić information content (AvgIpc) is 2.72. The number of aliphatic hydroxyl groups is 1. The maximum Gasteiger partial charge on any atom is 0.416 e. The highest BCUT2D eigenvalue weighted by Gasteiger charge is 2.43. The van der Waals surface area contributed by atoms with E-state index in [0.717, 1.165) is 6.07 Å². The summed E-state index contributed by atoms with van der Waals surface area (Å²) in [5.74, 6) is 0.545. The monoisotopic (exact) mass is 401 g/mol. The van der Waals surface area contributed by atoms with Gasteiger partial charge in [-0.3, -0.25) is 0 Å². The van der Waals surface area contributed by atoms with Gasteiger partial charge in [0.1, 0.15) is 11.4 Å². The van der Waals surface area contributed by atoms with Gasteiger partial charge in [-0.05, 0) is 35.4 Å². The van der Waals surface area contributed by atoms with Crippen LogP contribution in [-0.4, -0.2) is 26.3 Å². The van der Waals surface area contributed by atoms with Gasteiger partial charge >= 0.3 is 6.18 Å². The lowest BCUT2D eigenvalue weighted by Crippen LogP contribution is -2.32. The molecule has 1 N–H and O–H groups in total. The molecule has 3 rings (SSSR count). The van der Waals surface area contributed by atoms with Crippen LogP contribution in [0.4, 0.5) is 18.9 Å². The summed E-state index contributed by atoms with van der Waals surface area (Å²) in [6, 6.07) is 18.7. The number of hydrogen-bond donors (Lipinski definition) is 1. The van der Waals surface area contributed by atoms with E-state index in [4.69, 9.17) is 4.74 Å². The van der Waals surface area contributed by atoms with Crippen LogP contribution in [0.2, 0.25) is 0 Å². The van der Waals surface area contributed by atoms with Crippen LogP contribution in [0.25, 0.3) is 0 Å². The number of rotatable bonds is 5. The molecule has 0 aliphatic rings. The van der Waals surface area contributed by atoms with Crippen LogP contribution in [0, 0.1) is 0 Å². The number of benzene rings is 3. The van der Waals surface area contributed by atoms with Gasteiger partial charge in [0.25, 0.3) is 0 Å². The highest BCUT2D eigenvalue weighted by molar-refractivity contribution is 5.57. The lowest BCUT2D eigenvalue weighted by atomic mass is 9.78. The summed E-state index contributed by atoms with van der Waals surface area (Å²) in [6.07, 6.45) is -4.64. The molecule has 3 nitrogen and oxygen atoms in total. The summed E-state index contributed by atoms with van der Waals surface area (Å²) in [6.45, 7) is 0. The molecule has 3 aromatic carbocycles. The van der Waals surface area contributed by atoms with Gasteiger partial charge in [-0.15, -0.1) is 0 Å². The Labute approximate surface area is 168 Å². The van der Waals surface area contributed by atoms with Crippen molar-refractivity contribution in [2.24, 2.45) is 0 Å². The van der Waals surface area contributed by atoms with Crippen LogP contribution in [0.5, 0.6) is 5.75 Å². The van der Waals surface area contributed by atoms with Crippen molar-refractivity contribution in [2.75, 3.05) is 26.1 Å². The predicted octanol–water partition coefficient (Wildman–Crippen LogP) is 5.06. The van der Waals surface area contributed by atoms with Gasteiger partial charge in [-0.1, -0.05) is 48.5 Å². The second kappa shape index (κ2) is 7.79. The summed E-state index contributed by atoms with van der Waals surface area (Å²) < 4.78 is 47.2. The van der Waals surface area contributed by atoms with E-state index in [-0.39, 0.29) is 5.56 Å². The average molecular weight is 401 g/mol. The molecule has 0 saturated heterocycles. The molecule has 0 saturated carbocycles. The normalized spacial score (nSPS) is 13.6. The molecule has 0 heterocycles. The second-order valence-corrected chi connectivity index (χ2v) is 6.93. The number of anilines is 1. The zero-order valence-electron chi connectivity index (χ0n) is 16.4. The van der Waals surface area contributed by atoms with Crippen molar-refractivity contribution in [1.29, 1.82) is 0 Å². The largest absolute Gasteiger partial charge is 0.497 e. The third-order valence-electron chi connectivity index (χ3n) is 4.91. The molecule has 0 aliphatic heterocycles. The Bertz CT molecular complexity index is 970. The maximum absolute atomic E-state index is 14.0. The number of methoxy groups -OCH3 is 1. The van der Waals surface area contributed by atoms with Crippen LogP contribution < -0.4 is 9.64 Å². The van der Waals surface area contributed by atoms with Crippen molar-refractivity contribution in [3.63, 3.8) is 0 Å². The van der Waals surface area contributed by atoms with Gasteiger partial charge in [-0.2, -0.15) is 13.2 Å². The Morgan fingerprint density at radius 2 is 1.38 bits per heavy atom. The zero-order chi connectivity index (χ0) is 21.2. The molecule has 1 atom stereocenters. The summed E-state index contributed by atoms with van der Waals surface area (Å²) in [4.78, 5) is 1.59. The third kappa shape index (κ3) is 3.93. The smallest absolute Gasteiger partial charge is 0.416 e. The highest BCUT2D eigenvalue weighted by atomic mass is 19.4. The highest BCUT2D eigenvalue weighted by Crippen LogP contribution is 2.44. The number of nitrogens with zero attached hydrogens (tertiary/aromatic N) is 1. The van der Waals surface area contributed by atoms with Crippen LogP contribution in [-0.2, 0) is 11.8 Å². The van der Waals surface area contributed by atoms with Gasteiger partial charge in [0.15, 0.2) is 0 Å². The third-order valence-corrected chi connectivity index (χ3v) is 4.91. The van der Waals surface area contributed by atoms with E-state index in [1.807, 2.05) is 0 Å². The molecular weight excluding hydrogens is 379 g/mol. The molecule has 0 aromatic heterocycles. The van der Waals surface area contributed by atoms with Crippen molar-refractivity contribution in [2.45, 2.75) is 11.8 Å². The number of ether oxygens (including phenoxy) is 1. The number of hydrogen-bond acceptors (Lipinski definition) is 3. The van der Waals surface area contributed by atoms with E-state index in [9.17, 15) is 18.3 Å². The van der Waals surface area contributed by atoms with Gasteiger partial charge in [-0.25, -0.2) is 0 Å². The van der Waals surface area contributed by atoms with E-state index in [2.05, 4.69) is 0 Å². The van der Waals surface area contributed by atoms with Crippen molar-refractivity contribution < 1.29 is 23.0 Å². The lowest BCUT2D eigenvalue weighted by Gasteiger charge is -2.33. The first-order valence-corrected chi connectivity index (χ1v) is 8.99. The molecule has 0 spiro atoms. The summed E-state index contributed by atoms with van der Waals surface area (Å²) >= 11 is 0. The molecule has 1 unspecified atom stereocenters. The molecular formula is C23H22F3NO2. The zero-order valence-corrected chi connectivity index (χ0v) is 16.4. The van der Waals surface area contributed by atoms with E-state index in [0.29, 0.717) is 22.6 Å². The van der Waals surface area contributed by atoms with E-state index < -0.39 is 17.3 Å². The van der Waals surface area contributed by atoms with E-state index >= 15 is 0 Å². The van der Waals surface area contributed by atoms with Gasteiger partial charge < -0.3 is 14.7 Å². The second-order valence-electron chi connectivity index (χ2n) is 6.93. The fourth-order valence-corrected chi connectivity index (χ4v) is 3.35. The first kappa shape index (κ1) is 20.7. The number of halogens is 3. The molecule has 3 aromatic rings. The van der Waals surface area contributed by atoms with Crippen molar-refractivity contribution in [3.8, 4) is 5.75 Å². The van der Waals surface area contributed by atoms with Crippen LogP contribution in [0.1, 0.15) is 22.3 Å². The fourth-order valence-electron chi connectivity index (χ4n) is 3.35. The Hall–Kier alpha value is -2.99. The first-order valence-electron chi connectivity index (χ1n) is 8.99.